The first-order valence-electron chi connectivity index (χ1n) is 20.2. The Hall–Kier alpha value is -8.02. The molecule has 11 rings (SSSR count). The van der Waals surface area contributed by atoms with Gasteiger partial charge in [-0.2, -0.15) is 0 Å². The summed E-state index contributed by atoms with van der Waals surface area (Å²) in [4.78, 5) is 10.4. The Bertz CT molecular complexity index is 3350. The van der Waals surface area contributed by atoms with E-state index in [1.54, 1.807) is 6.07 Å². The van der Waals surface area contributed by atoms with E-state index in [2.05, 4.69) is 156 Å². The van der Waals surface area contributed by atoms with E-state index in [1.807, 2.05) is 48.7 Å². The van der Waals surface area contributed by atoms with Gasteiger partial charge in [0.2, 0.25) is 0 Å². The van der Waals surface area contributed by atoms with Crippen molar-refractivity contribution in [2.24, 2.45) is 0 Å². The molecule has 11 aromatic rings. The summed E-state index contributed by atoms with van der Waals surface area (Å²) in [6, 6.07) is 68.7. The summed E-state index contributed by atoms with van der Waals surface area (Å²) in [5, 5.41) is 13.4. The van der Waals surface area contributed by atoms with Gasteiger partial charge in [-0.15, -0.1) is 0 Å². The topological polar surface area (TPSA) is 64.1 Å². The second-order valence-corrected chi connectivity index (χ2v) is 15.1. The number of fused-ring (bicyclic) bond motifs is 4. The van der Waals surface area contributed by atoms with Crippen molar-refractivity contribution in [1.82, 2.24) is 14.5 Å². The van der Waals surface area contributed by atoms with Crippen molar-refractivity contribution in [3.8, 4) is 67.5 Å². The number of benzene rings is 8. The number of para-hydroxylation sites is 3. The average molecular weight is 772 g/mol. The minimum absolute atomic E-state index is 0.154. The van der Waals surface area contributed by atoms with Crippen LogP contribution in [0.5, 0.6) is 5.75 Å². The largest absolute Gasteiger partial charge is 0.507 e. The van der Waals surface area contributed by atoms with Gasteiger partial charge in [-0.25, -0.2) is 4.98 Å². The normalized spacial score (nSPS) is 11.5. The van der Waals surface area contributed by atoms with Crippen molar-refractivity contribution >= 4 is 33.0 Å². The fourth-order valence-electron chi connectivity index (χ4n) is 8.59. The Balaban J connectivity index is 1.17. The van der Waals surface area contributed by atoms with E-state index in [4.69, 9.17) is 14.4 Å². The number of furan rings is 1. The molecule has 3 aromatic heterocycles. The van der Waals surface area contributed by atoms with Crippen molar-refractivity contribution in [3.05, 3.63) is 218 Å². The van der Waals surface area contributed by atoms with E-state index >= 15 is 0 Å². The average Bonchev–Trinajstić information content (AvgIpc) is 3.89. The van der Waals surface area contributed by atoms with Crippen molar-refractivity contribution in [1.29, 1.82) is 0 Å². The summed E-state index contributed by atoms with van der Waals surface area (Å²) in [6.45, 7) is 0. The van der Waals surface area contributed by atoms with Crippen LogP contribution in [0, 0.1) is 0 Å². The molecule has 0 amide bonds. The molecular weight excluding hydrogens is 735 g/mol. The van der Waals surface area contributed by atoms with E-state index in [0.717, 1.165) is 89.7 Å². The van der Waals surface area contributed by atoms with Crippen LogP contribution in [0.4, 0.5) is 0 Å². The van der Waals surface area contributed by atoms with Crippen LogP contribution in [0.15, 0.2) is 211 Å². The number of phenols is 1. The predicted octanol–water partition coefficient (Wildman–Crippen LogP) is 14.0. The van der Waals surface area contributed by atoms with Gasteiger partial charge in [-0.1, -0.05) is 140 Å². The zero-order valence-electron chi connectivity index (χ0n) is 32.5. The fraction of sp³-hybridized carbons (Fsp3) is 0.0182. The number of phenolic OH excluding ortho intramolecular Hbond substituents is 1. The molecular formula is C55H37N3O2. The molecule has 60 heavy (non-hydrogen) atoms. The number of nitrogens with zero attached hydrogens (tertiary/aromatic N) is 3. The third kappa shape index (κ3) is 6.21. The second-order valence-electron chi connectivity index (χ2n) is 15.1. The van der Waals surface area contributed by atoms with Crippen LogP contribution in [0.1, 0.15) is 11.1 Å². The molecule has 284 valence electrons. The lowest BCUT2D eigenvalue weighted by atomic mass is 9.94. The SMILES string of the molecule is Oc1ccccc1-c1nc2c(-c3cc(Cc4ccccc4)cc(-c4cc(-c5ccccc5)ccn4)c3)cccc2n1-c1ccc(-c2ccccc2)c2oc3ccccc3c12. The van der Waals surface area contributed by atoms with Crippen molar-refractivity contribution < 1.29 is 9.52 Å². The maximum absolute atomic E-state index is 11.4. The van der Waals surface area contributed by atoms with E-state index < -0.39 is 0 Å². The zero-order chi connectivity index (χ0) is 40.0. The number of pyridine rings is 1. The number of rotatable bonds is 8. The van der Waals surface area contributed by atoms with Gasteiger partial charge >= 0.3 is 0 Å². The third-order valence-electron chi connectivity index (χ3n) is 11.4. The molecule has 0 aliphatic heterocycles. The monoisotopic (exact) mass is 771 g/mol. The van der Waals surface area contributed by atoms with Gasteiger partial charge in [-0.3, -0.25) is 9.55 Å². The van der Waals surface area contributed by atoms with Crippen LogP contribution < -0.4 is 0 Å². The number of aromatic hydroxyl groups is 1. The predicted molar refractivity (Wildman–Crippen MR) is 244 cm³/mol. The van der Waals surface area contributed by atoms with Crippen LogP contribution in [0.25, 0.3) is 94.7 Å². The lowest BCUT2D eigenvalue weighted by Gasteiger charge is -2.14. The smallest absolute Gasteiger partial charge is 0.149 e. The molecule has 3 heterocycles. The summed E-state index contributed by atoms with van der Waals surface area (Å²) in [5.74, 6) is 0.786. The highest BCUT2D eigenvalue weighted by atomic mass is 16.3. The van der Waals surface area contributed by atoms with E-state index in [0.29, 0.717) is 11.4 Å². The van der Waals surface area contributed by atoms with Crippen LogP contribution >= 0.6 is 0 Å². The molecule has 0 atom stereocenters. The first-order chi connectivity index (χ1) is 29.7. The maximum Gasteiger partial charge on any atom is 0.149 e. The summed E-state index contributed by atoms with van der Waals surface area (Å²) in [5.41, 5.74) is 15.5. The summed E-state index contributed by atoms with van der Waals surface area (Å²) < 4.78 is 8.90. The van der Waals surface area contributed by atoms with Crippen LogP contribution in [-0.4, -0.2) is 19.6 Å². The molecule has 0 saturated carbocycles. The zero-order valence-corrected chi connectivity index (χ0v) is 32.5. The summed E-state index contributed by atoms with van der Waals surface area (Å²) in [7, 11) is 0. The molecule has 0 aliphatic carbocycles. The van der Waals surface area contributed by atoms with Gasteiger partial charge in [0.1, 0.15) is 22.7 Å². The highest BCUT2D eigenvalue weighted by molar-refractivity contribution is 6.14. The van der Waals surface area contributed by atoms with Crippen LogP contribution in [-0.2, 0) is 6.42 Å². The van der Waals surface area contributed by atoms with Gasteiger partial charge in [0.15, 0.2) is 0 Å². The first-order valence-corrected chi connectivity index (χ1v) is 20.2. The van der Waals surface area contributed by atoms with Gasteiger partial charge < -0.3 is 9.52 Å². The number of hydrogen-bond acceptors (Lipinski definition) is 4. The van der Waals surface area contributed by atoms with Crippen molar-refractivity contribution in [2.45, 2.75) is 6.42 Å². The molecule has 0 spiro atoms. The Morgan fingerprint density at radius 3 is 2.02 bits per heavy atom. The second kappa shape index (κ2) is 14.7. The molecule has 0 unspecified atom stereocenters. The number of hydrogen-bond donors (Lipinski definition) is 1. The lowest BCUT2D eigenvalue weighted by molar-refractivity contribution is 0.477. The quantitative estimate of drug-likeness (QED) is 0.167. The van der Waals surface area contributed by atoms with Gasteiger partial charge in [-0.05, 0) is 100 Å². The molecule has 0 aliphatic rings. The third-order valence-corrected chi connectivity index (χ3v) is 11.4. The molecule has 8 aromatic carbocycles. The highest BCUT2D eigenvalue weighted by Gasteiger charge is 2.24. The fourth-order valence-corrected chi connectivity index (χ4v) is 8.59. The summed E-state index contributed by atoms with van der Waals surface area (Å²) >= 11 is 0. The van der Waals surface area contributed by atoms with Crippen LogP contribution in [0.2, 0.25) is 0 Å². The molecule has 0 fully saturated rings. The van der Waals surface area contributed by atoms with E-state index in [1.165, 1.54) is 11.1 Å². The Kier molecular flexibility index (Phi) is 8.63. The molecule has 1 N–H and O–H groups in total. The van der Waals surface area contributed by atoms with Gasteiger partial charge in [0.25, 0.3) is 0 Å². The lowest BCUT2D eigenvalue weighted by Crippen LogP contribution is -1.99. The Morgan fingerprint density at radius 1 is 0.500 bits per heavy atom. The van der Waals surface area contributed by atoms with Gasteiger partial charge in [0.05, 0.1) is 33.4 Å². The van der Waals surface area contributed by atoms with Gasteiger partial charge in [0, 0.05) is 28.3 Å². The van der Waals surface area contributed by atoms with E-state index in [-0.39, 0.29) is 5.75 Å². The highest BCUT2D eigenvalue weighted by Crippen LogP contribution is 2.44. The van der Waals surface area contributed by atoms with Crippen LogP contribution in [0.3, 0.4) is 0 Å². The Labute approximate surface area is 347 Å². The minimum Gasteiger partial charge on any atom is -0.507 e. The van der Waals surface area contributed by atoms with Crippen molar-refractivity contribution in [2.75, 3.05) is 0 Å². The number of imidazole rings is 1. The Morgan fingerprint density at radius 2 is 1.20 bits per heavy atom. The first kappa shape index (κ1) is 35.2. The standard InChI is InChI=1S/C55H37N3O2/c59-50-25-12-10-21-45(50)55-57-53-43(41-32-37(31-36-15-4-1-5-16-36)33-42(34-41)47-35-40(29-30-56-47)38-17-6-2-7-18-38)23-14-24-49(53)58(55)48-28-27-44(39-19-8-3-9-20-39)54-52(48)46-22-11-13-26-51(46)60-54/h1-30,32-35,59H,31H2. The summed E-state index contributed by atoms with van der Waals surface area (Å²) in [6.07, 6.45) is 2.65. The van der Waals surface area contributed by atoms with Crippen molar-refractivity contribution in [3.63, 3.8) is 0 Å². The molecule has 0 saturated heterocycles. The molecule has 5 heteroatoms. The minimum atomic E-state index is 0.154. The molecule has 5 nitrogen and oxygen atoms in total. The van der Waals surface area contributed by atoms with E-state index in [9.17, 15) is 5.11 Å². The molecule has 0 bridgehead atoms. The molecule has 0 radical (unpaired) electrons. The number of aromatic nitrogens is 3. The maximum atomic E-state index is 11.4.